The molecule has 0 aliphatic heterocycles. The maximum absolute atomic E-state index is 9.80. The van der Waals surface area contributed by atoms with Crippen LogP contribution in [0.5, 0.6) is 0 Å². The van der Waals surface area contributed by atoms with Crippen molar-refractivity contribution in [2.45, 2.75) is 49.0 Å². The van der Waals surface area contributed by atoms with Gasteiger partial charge in [-0.15, -0.1) is 0 Å². The zero-order chi connectivity index (χ0) is 11.7. The summed E-state index contributed by atoms with van der Waals surface area (Å²) in [7, 11) is 0. The molecule has 0 aliphatic rings. The van der Waals surface area contributed by atoms with Gasteiger partial charge < -0.3 is 9.59 Å². The molecule has 0 amide bonds. The monoisotopic (exact) mass is 303 g/mol. The predicted octanol–water partition coefficient (Wildman–Crippen LogP) is 3.41. The van der Waals surface area contributed by atoms with Crippen LogP contribution in [0.1, 0.15) is 49.0 Å². The van der Waals surface area contributed by atoms with Crippen molar-refractivity contribution in [3.8, 4) is 0 Å². The second-order valence-electron chi connectivity index (χ2n) is 4.30. The van der Waals surface area contributed by atoms with Crippen molar-refractivity contribution in [2.75, 3.05) is 0 Å². The average molecular weight is 303 g/mol. The van der Waals surface area contributed by atoms with E-state index in [2.05, 4.69) is 27.7 Å². The largest absolute Gasteiger partial charge is 0.542 e. The minimum atomic E-state index is -0.313. The maximum atomic E-state index is 9.80. The van der Waals surface area contributed by atoms with Gasteiger partial charge in [0.05, 0.1) is 0 Å². The van der Waals surface area contributed by atoms with Gasteiger partial charge in [-0.05, 0) is 11.8 Å². The van der Waals surface area contributed by atoms with Crippen LogP contribution in [-0.2, 0) is 42.3 Å². The van der Waals surface area contributed by atoms with Gasteiger partial charge in [0.25, 0.3) is 0 Å². The molecule has 3 heteroatoms. The Morgan fingerprint density at radius 2 is 0.875 bits per heavy atom. The minimum absolute atomic E-state index is 0. The van der Waals surface area contributed by atoms with E-state index in [1.165, 1.54) is 0 Å². The topological polar surface area (TPSA) is 34.1 Å². The van der Waals surface area contributed by atoms with Gasteiger partial charge in [-0.2, -0.15) is 11.8 Å². The van der Waals surface area contributed by atoms with Gasteiger partial charge >= 0.3 is 0 Å². The van der Waals surface area contributed by atoms with Gasteiger partial charge in [-0.1, -0.05) is 49.0 Å². The Kier molecular flexibility index (Phi) is 24.4. The smallest absolute Gasteiger partial charge is 0 e. The first-order valence-electron chi connectivity index (χ1n) is 5.12. The molecule has 0 spiro atoms. The fourth-order valence-electron chi connectivity index (χ4n) is 0.204. The van der Waals surface area contributed by atoms with Crippen LogP contribution >= 0.6 is 0 Å². The van der Waals surface area contributed by atoms with Crippen LogP contribution in [0.3, 0.4) is 0 Å². The number of hydrogen-bond acceptors (Lipinski definition) is 2. The zero-order valence-electron chi connectivity index (χ0n) is 10.7. The third kappa shape index (κ3) is 16.9. The third-order valence-corrected chi connectivity index (χ3v) is 2.46. The molecule has 2 unspecified atom stereocenters. The Hall–Kier alpha value is 0.444. The van der Waals surface area contributed by atoms with Crippen molar-refractivity contribution in [1.29, 1.82) is 0 Å². The van der Waals surface area contributed by atoms with E-state index < -0.39 is 0 Å². The molecule has 2 atom stereocenters. The Morgan fingerprint density at radius 3 is 0.938 bits per heavy atom. The molecular weight excluding hydrogens is 277 g/mol. The zero-order valence-corrected chi connectivity index (χ0v) is 13.5. The molecule has 0 N–H and O–H groups in total. The van der Waals surface area contributed by atoms with Gasteiger partial charge in [-0.3, -0.25) is 12.6 Å². The second-order valence-corrected chi connectivity index (χ2v) is 4.30. The van der Waals surface area contributed by atoms with Gasteiger partial charge in [-0.25, -0.2) is 0 Å². The third-order valence-electron chi connectivity index (χ3n) is 2.46. The van der Waals surface area contributed by atoms with E-state index >= 15 is 0 Å². The Bertz CT molecular complexity index is 138. The summed E-state index contributed by atoms with van der Waals surface area (Å²) in [5.74, 6) is 1.08. The van der Waals surface area contributed by atoms with Crippen LogP contribution < -0.4 is 0 Å². The second kappa shape index (κ2) is 15.4. The molecule has 0 fully saturated rings. The van der Waals surface area contributed by atoms with E-state index in [1.54, 1.807) is 26.4 Å². The number of carbonyl (C=O) groups excluding carboxylic acids is 2. The fourth-order valence-corrected chi connectivity index (χ4v) is 0.204. The average Bonchev–Trinajstić information content (AvgIpc) is 2.16. The summed E-state index contributed by atoms with van der Waals surface area (Å²) in [4.78, 5) is 19.6. The van der Waals surface area contributed by atoms with Crippen LogP contribution in [0.2, 0.25) is 0 Å². The summed E-state index contributed by atoms with van der Waals surface area (Å²) in [5.41, 5.74) is 0. The van der Waals surface area contributed by atoms with Gasteiger partial charge in [0, 0.05) is 32.7 Å². The van der Waals surface area contributed by atoms with E-state index in [4.69, 9.17) is 0 Å². The van der Waals surface area contributed by atoms with E-state index in [0.29, 0.717) is 0 Å². The summed E-state index contributed by atoms with van der Waals surface area (Å²) in [5, 5.41) is 0. The van der Waals surface area contributed by atoms with Crippen LogP contribution in [0.15, 0.2) is 0 Å². The summed E-state index contributed by atoms with van der Waals surface area (Å²) in [6.45, 7) is 12.2. The maximum Gasteiger partial charge on any atom is 0 e. The Balaban J connectivity index is -0.0000000825. The van der Waals surface area contributed by atoms with Crippen molar-refractivity contribution < 1.29 is 42.3 Å². The van der Waals surface area contributed by atoms with Crippen molar-refractivity contribution in [3.05, 3.63) is 0 Å². The molecule has 0 aromatic rings. The molecule has 16 heavy (non-hydrogen) atoms. The van der Waals surface area contributed by atoms with Crippen LogP contribution in [0, 0.1) is 23.7 Å². The normalized spacial score (nSPS) is 12.5. The Morgan fingerprint density at radius 1 is 0.688 bits per heavy atom. The molecule has 0 bridgehead atoms. The molecule has 0 aromatic carbocycles. The SMILES string of the molecule is C.CC(C)C(C)C.CC([C-]=O)C(C)[C-]=O.[Y]. The van der Waals surface area contributed by atoms with Crippen molar-refractivity contribution in [1.82, 2.24) is 0 Å². The fraction of sp³-hybridized carbons (Fsp3) is 0.846. The van der Waals surface area contributed by atoms with E-state index in [-0.39, 0.29) is 52.0 Å². The van der Waals surface area contributed by atoms with Gasteiger partial charge in [0.15, 0.2) is 0 Å². The van der Waals surface area contributed by atoms with Gasteiger partial charge in [0.1, 0.15) is 0 Å². The number of hydrogen-bond donors (Lipinski definition) is 0. The van der Waals surface area contributed by atoms with Crippen LogP contribution in [-0.4, -0.2) is 12.6 Å². The van der Waals surface area contributed by atoms with Crippen LogP contribution in [0.4, 0.5) is 0 Å². The summed E-state index contributed by atoms with van der Waals surface area (Å²) < 4.78 is 0. The first-order valence-corrected chi connectivity index (χ1v) is 5.12. The van der Waals surface area contributed by atoms with Crippen molar-refractivity contribution in [3.63, 3.8) is 0 Å². The van der Waals surface area contributed by atoms with Crippen molar-refractivity contribution >= 4 is 12.6 Å². The first kappa shape index (κ1) is 25.3. The molecule has 2 nitrogen and oxygen atoms in total. The molecule has 95 valence electrons. The number of rotatable bonds is 4. The molecule has 0 aromatic heterocycles. The van der Waals surface area contributed by atoms with E-state index in [1.807, 2.05) is 0 Å². The van der Waals surface area contributed by atoms with Crippen molar-refractivity contribution in [2.24, 2.45) is 23.7 Å². The molecule has 0 rings (SSSR count). The minimum Gasteiger partial charge on any atom is -0.542 e. The summed E-state index contributed by atoms with van der Waals surface area (Å²) >= 11 is 0. The van der Waals surface area contributed by atoms with E-state index in [9.17, 15) is 9.59 Å². The van der Waals surface area contributed by atoms with Crippen LogP contribution in [0.25, 0.3) is 0 Å². The molecule has 0 heterocycles. The molecule has 0 saturated heterocycles. The molecule has 1 radical (unpaired) electrons. The standard InChI is InChI=1S/C6H8O2.C6H14.CH4.Y/c1-5(3-7)6(2)4-8;1-5(2)6(3)4;;/h5-6H,1-2H3;5-6H,1-4H3;1H4;/q-2;;;. The quantitative estimate of drug-likeness (QED) is 0.746. The molecule has 0 aliphatic carbocycles. The van der Waals surface area contributed by atoms with E-state index in [0.717, 1.165) is 11.8 Å². The van der Waals surface area contributed by atoms with Gasteiger partial charge in [0.2, 0.25) is 0 Å². The molecular formula is C13H26O2Y-2. The molecule has 0 saturated carbocycles. The first-order chi connectivity index (χ1) is 6.36. The predicted molar refractivity (Wildman–Crippen MR) is 66.1 cm³/mol. The summed E-state index contributed by atoms with van der Waals surface area (Å²) in [6, 6.07) is 0. The summed E-state index contributed by atoms with van der Waals surface area (Å²) in [6.07, 6.45) is 3.41. The Labute approximate surface area is 127 Å².